The van der Waals surface area contributed by atoms with Gasteiger partial charge in [0, 0.05) is 29.5 Å². The number of likely N-dealkylation sites (tertiary alicyclic amines) is 1. The van der Waals surface area contributed by atoms with E-state index in [9.17, 15) is 14.7 Å². The van der Waals surface area contributed by atoms with Crippen LogP contribution in [0.3, 0.4) is 0 Å². The van der Waals surface area contributed by atoms with E-state index in [1.807, 2.05) is 0 Å². The lowest BCUT2D eigenvalue weighted by Crippen LogP contribution is -2.29. The van der Waals surface area contributed by atoms with E-state index in [4.69, 9.17) is 25.8 Å². The minimum Gasteiger partial charge on any atom is -0.507 e. The number of Topliss-reactive ketones (excluding diaryl/α,β-unsaturated/α-hetero) is 1. The molecule has 180 valence electrons. The highest BCUT2D eigenvalue weighted by Crippen LogP contribution is 2.46. The number of nitrogens with zero attached hydrogens (tertiary/aromatic N) is 2. The third-order valence-electron chi connectivity index (χ3n) is 5.74. The minimum atomic E-state index is -0.931. The third kappa shape index (κ3) is 4.52. The Hall–Kier alpha value is -4.04. The van der Waals surface area contributed by atoms with Crippen LogP contribution in [-0.4, -0.2) is 48.0 Å². The molecule has 1 fully saturated rings. The summed E-state index contributed by atoms with van der Waals surface area (Å²) >= 11 is 5.99. The van der Waals surface area contributed by atoms with E-state index in [0.717, 1.165) is 5.56 Å². The van der Waals surface area contributed by atoms with Crippen LogP contribution in [0.1, 0.15) is 22.7 Å². The number of hydrogen-bond donors (Lipinski definition) is 1. The van der Waals surface area contributed by atoms with E-state index in [0.29, 0.717) is 33.4 Å². The summed E-state index contributed by atoms with van der Waals surface area (Å²) in [6.45, 7) is 0.0944. The average molecular weight is 495 g/mol. The van der Waals surface area contributed by atoms with Crippen LogP contribution in [0, 0.1) is 0 Å². The van der Waals surface area contributed by atoms with Gasteiger partial charge in [-0.25, -0.2) is 0 Å². The first-order valence-corrected chi connectivity index (χ1v) is 11.0. The van der Waals surface area contributed by atoms with Gasteiger partial charge in [-0.15, -0.1) is 0 Å². The Labute approximate surface area is 207 Å². The Morgan fingerprint density at radius 2 is 1.69 bits per heavy atom. The second-order valence-corrected chi connectivity index (χ2v) is 8.19. The van der Waals surface area contributed by atoms with Gasteiger partial charge >= 0.3 is 0 Å². The molecule has 1 atom stereocenters. The molecule has 2 heterocycles. The summed E-state index contributed by atoms with van der Waals surface area (Å²) in [7, 11) is 4.43. The molecule has 1 unspecified atom stereocenters. The van der Waals surface area contributed by atoms with E-state index < -0.39 is 17.7 Å². The van der Waals surface area contributed by atoms with E-state index in [-0.39, 0.29) is 17.9 Å². The number of methoxy groups -OCH3 is 3. The summed E-state index contributed by atoms with van der Waals surface area (Å²) in [6, 6.07) is 12.3. The van der Waals surface area contributed by atoms with Crippen LogP contribution in [0.4, 0.5) is 0 Å². The first-order valence-electron chi connectivity index (χ1n) is 10.6. The fraction of sp³-hybridized carbons (Fsp3) is 0.192. The number of carbonyl (C=O) groups excluding carboxylic acids is 2. The SMILES string of the molecule is COc1cc(C2/C(=C(/O)c3ccc(Cl)cc3)C(=O)C(=O)N2Cc2cccnc2)cc(OC)c1OC. The average Bonchev–Trinajstić information content (AvgIpc) is 3.13. The second-order valence-electron chi connectivity index (χ2n) is 7.75. The van der Waals surface area contributed by atoms with Crippen LogP contribution in [0.2, 0.25) is 5.02 Å². The zero-order chi connectivity index (χ0) is 25.1. The van der Waals surface area contributed by atoms with Gasteiger partial charge in [-0.1, -0.05) is 17.7 Å². The molecule has 1 aliphatic heterocycles. The summed E-state index contributed by atoms with van der Waals surface area (Å²) in [6.07, 6.45) is 3.24. The van der Waals surface area contributed by atoms with Crippen molar-refractivity contribution in [3.63, 3.8) is 0 Å². The molecule has 1 amide bonds. The maximum Gasteiger partial charge on any atom is 0.295 e. The van der Waals surface area contributed by atoms with E-state index in [1.165, 1.54) is 26.2 Å². The van der Waals surface area contributed by atoms with Crippen molar-refractivity contribution in [1.82, 2.24) is 9.88 Å². The molecule has 2 aromatic carbocycles. The molecule has 3 aromatic rings. The first kappa shape index (κ1) is 24.1. The Morgan fingerprint density at radius 3 is 2.23 bits per heavy atom. The molecule has 0 aliphatic carbocycles. The monoisotopic (exact) mass is 494 g/mol. The highest BCUT2D eigenvalue weighted by Gasteiger charge is 2.46. The number of aliphatic hydroxyl groups excluding tert-OH is 1. The highest BCUT2D eigenvalue weighted by molar-refractivity contribution is 6.46. The number of aliphatic hydroxyl groups is 1. The molecule has 1 aromatic heterocycles. The summed E-state index contributed by atoms with van der Waals surface area (Å²) in [4.78, 5) is 32.0. The number of pyridine rings is 1. The van der Waals surface area contributed by atoms with Gasteiger partial charge in [-0.05, 0) is 53.6 Å². The minimum absolute atomic E-state index is 0.0597. The van der Waals surface area contributed by atoms with Gasteiger partial charge in [0.25, 0.3) is 11.7 Å². The third-order valence-corrected chi connectivity index (χ3v) is 5.99. The summed E-state index contributed by atoms with van der Waals surface area (Å²) in [5.41, 5.74) is 1.51. The molecule has 9 heteroatoms. The van der Waals surface area contributed by atoms with Gasteiger partial charge in [-0.3, -0.25) is 14.6 Å². The zero-order valence-corrected chi connectivity index (χ0v) is 20.1. The molecule has 1 N–H and O–H groups in total. The molecule has 0 spiro atoms. The second kappa shape index (κ2) is 10.1. The predicted octanol–water partition coefficient (Wildman–Crippen LogP) is 4.38. The van der Waals surface area contributed by atoms with Crippen molar-refractivity contribution < 1.29 is 28.9 Å². The first-order chi connectivity index (χ1) is 16.9. The molecule has 4 rings (SSSR count). The number of aromatic nitrogens is 1. The number of carbonyl (C=O) groups is 2. The molecule has 0 saturated carbocycles. The topological polar surface area (TPSA) is 98.2 Å². The van der Waals surface area contributed by atoms with E-state index in [1.54, 1.807) is 60.9 Å². The van der Waals surface area contributed by atoms with E-state index >= 15 is 0 Å². The quantitative estimate of drug-likeness (QED) is 0.295. The van der Waals surface area contributed by atoms with Gasteiger partial charge in [0.15, 0.2) is 11.5 Å². The van der Waals surface area contributed by atoms with Gasteiger partial charge in [0.05, 0.1) is 32.9 Å². The fourth-order valence-corrected chi connectivity index (χ4v) is 4.23. The Kier molecular flexibility index (Phi) is 6.93. The van der Waals surface area contributed by atoms with Crippen LogP contribution in [0.5, 0.6) is 17.2 Å². The van der Waals surface area contributed by atoms with Crippen molar-refractivity contribution in [3.05, 3.63) is 88.2 Å². The van der Waals surface area contributed by atoms with Crippen LogP contribution in [0.25, 0.3) is 5.76 Å². The van der Waals surface area contributed by atoms with Crippen molar-refractivity contribution in [2.24, 2.45) is 0 Å². The van der Waals surface area contributed by atoms with Crippen molar-refractivity contribution in [2.75, 3.05) is 21.3 Å². The number of benzene rings is 2. The smallest absolute Gasteiger partial charge is 0.295 e. The lowest BCUT2D eigenvalue weighted by Gasteiger charge is -2.26. The molecule has 0 bridgehead atoms. The van der Waals surface area contributed by atoms with Gasteiger partial charge in [-0.2, -0.15) is 0 Å². The van der Waals surface area contributed by atoms with Crippen molar-refractivity contribution in [3.8, 4) is 17.2 Å². The maximum atomic E-state index is 13.3. The number of ether oxygens (including phenoxy) is 3. The van der Waals surface area contributed by atoms with Crippen LogP contribution in [0.15, 0.2) is 66.5 Å². The molecule has 0 radical (unpaired) electrons. The lowest BCUT2D eigenvalue weighted by molar-refractivity contribution is -0.140. The predicted molar refractivity (Wildman–Crippen MR) is 130 cm³/mol. The van der Waals surface area contributed by atoms with Crippen molar-refractivity contribution in [2.45, 2.75) is 12.6 Å². The number of ketones is 1. The van der Waals surface area contributed by atoms with Gasteiger partial charge < -0.3 is 24.2 Å². The molecule has 1 saturated heterocycles. The highest BCUT2D eigenvalue weighted by atomic mass is 35.5. The molecule has 35 heavy (non-hydrogen) atoms. The molecule has 8 nitrogen and oxygen atoms in total. The van der Waals surface area contributed by atoms with Gasteiger partial charge in [0.2, 0.25) is 5.75 Å². The number of amides is 1. The number of rotatable bonds is 7. The molecular formula is C26H23ClN2O6. The Balaban J connectivity index is 1.94. The van der Waals surface area contributed by atoms with Crippen molar-refractivity contribution in [1.29, 1.82) is 0 Å². The summed E-state index contributed by atoms with van der Waals surface area (Å²) < 4.78 is 16.4. The normalized spacial score (nSPS) is 16.9. The number of hydrogen-bond acceptors (Lipinski definition) is 7. The zero-order valence-electron chi connectivity index (χ0n) is 19.3. The van der Waals surface area contributed by atoms with Crippen molar-refractivity contribution >= 4 is 29.1 Å². The number of halogens is 1. The van der Waals surface area contributed by atoms with Crippen LogP contribution in [-0.2, 0) is 16.1 Å². The Bertz CT molecular complexity index is 1270. The summed E-state index contributed by atoms with van der Waals surface area (Å²) in [5.74, 6) is -0.808. The van der Waals surface area contributed by atoms with Crippen LogP contribution < -0.4 is 14.2 Å². The lowest BCUT2D eigenvalue weighted by atomic mass is 9.94. The molecule has 1 aliphatic rings. The largest absolute Gasteiger partial charge is 0.507 e. The van der Waals surface area contributed by atoms with E-state index in [2.05, 4.69) is 4.98 Å². The van der Waals surface area contributed by atoms with Crippen LogP contribution >= 0.6 is 11.6 Å². The molecular weight excluding hydrogens is 472 g/mol. The standard InChI is InChI=1S/C26H23ClN2O6/c1-33-19-11-17(12-20(34-2)25(19)35-3)22-21(23(30)16-6-8-18(27)9-7-16)24(31)26(32)29(22)14-15-5-4-10-28-13-15/h4-13,22,30H,14H2,1-3H3/b23-21-. The Morgan fingerprint density at radius 1 is 1.03 bits per heavy atom. The maximum absolute atomic E-state index is 13.3. The summed E-state index contributed by atoms with van der Waals surface area (Å²) in [5, 5.41) is 11.7. The van der Waals surface area contributed by atoms with Gasteiger partial charge in [0.1, 0.15) is 5.76 Å². The fourth-order valence-electron chi connectivity index (χ4n) is 4.10.